The van der Waals surface area contributed by atoms with E-state index in [9.17, 15) is 9.59 Å². The Balaban J connectivity index is 1.40. The van der Waals surface area contributed by atoms with Crippen LogP contribution in [0.25, 0.3) is 22.2 Å². The van der Waals surface area contributed by atoms with Gasteiger partial charge in [-0.2, -0.15) is 0 Å². The van der Waals surface area contributed by atoms with Crippen molar-refractivity contribution < 1.29 is 14.3 Å². The second-order valence-corrected chi connectivity index (χ2v) is 10.3. The lowest BCUT2D eigenvalue weighted by atomic mass is 10.0. The predicted octanol–water partition coefficient (Wildman–Crippen LogP) is 6.63. The van der Waals surface area contributed by atoms with E-state index in [4.69, 9.17) is 21.3 Å². The van der Waals surface area contributed by atoms with Crippen molar-refractivity contribution in [3.8, 4) is 11.3 Å². The van der Waals surface area contributed by atoms with Crippen LogP contribution in [0, 0.1) is 0 Å². The van der Waals surface area contributed by atoms with E-state index in [-0.39, 0.29) is 12.5 Å². The molecule has 0 fully saturated rings. The Morgan fingerprint density at radius 3 is 2.63 bits per heavy atom. The van der Waals surface area contributed by atoms with Gasteiger partial charge in [0.2, 0.25) is 0 Å². The first-order chi connectivity index (χ1) is 17.0. The molecule has 1 aromatic heterocycles. The Morgan fingerprint density at radius 1 is 1.06 bits per heavy atom. The Hall–Kier alpha value is -3.35. The molecule has 0 aliphatic carbocycles. The molecule has 4 aromatic rings. The summed E-state index contributed by atoms with van der Waals surface area (Å²) in [5.74, 6) is -0.796. The SMILES string of the molecule is C[C@H]1CCN(C(=O)COC(=O)c2cc(-c3ccc(Cl)cc3)nc3ccccc23)c2ccccc2S1. The monoisotopic (exact) mass is 502 g/mol. The number of benzene rings is 3. The molecule has 2 heterocycles. The van der Waals surface area contributed by atoms with Crippen molar-refractivity contribution in [2.75, 3.05) is 18.1 Å². The van der Waals surface area contributed by atoms with Crippen molar-refractivity contribution in [1.82, 2.24) is 4.98 Å². The van der Waals surface area contributed by atoms with E-state index < -0.39 is 5.97 Å². The number of carbonyl (C=O) groups is 2. The molecule has 0 saturated heterocycles. The van der Waals surface area contributed by atoms with Crippen molar-refractivity contribution in [3.63, 3.8) is 0 Å². The third-order valence-corrected chi connectivity index (χ3v) is 7.44. The van der Waals surface area contributed by atoms with Crippen molar-refractivity contribution in [2.45, 2.75) is 23.5 Å². The summed E-state index contributed by atoms with van der Waals surface area (Å²) in [6.07, 6.45) is 0.860. The van der Waals surface area contributed by atoms with E-state index >= 15 is 0 Å². The smallest absolute Gasteiger partial charge is 0.339 e. The first-order valence-corrected chi connectivity index (χ1v) is 12.6. The number of amides is 1. The van der Waals surface area contributed by atoms with Crippen molar-refractivity contribution >= 4 is 51.8 Å². The molecule has 0 saturated carbocycles. The van der Waals surface area contributed by atoms with Gasteiger partial charge in [-0.1, -0.05) is 61.0 Å². The number of nitrogens with zero attached hydrogens (tertiary/aromatic N) is 2. The Labute approximate surface area is 213 Å². The van der Waals surface area contributed by atoms with Gasteiger partial charge in [0.15, 0.2) is 6.61 Å². The second-order valence-electron chi connectivity index (χ2n) is 8.39. The Morgan fingerprint density at radius 2 is 1.80 bits per heavy atom. The Kier molecular flexibility index (Phi) is 6.75. The molecule has 5 rings (SSSR count). The molecule has 35 heavy (non-hydrogen) atoms. The highest BCUT2D eigenvalue weighted by Gasteiger charge is 2.25. The minimum atomic E-state index is -0.557. The van der Waals surface area contributed by atoms with E-state index in [1.807, 2.05) is 60.7 Å². The average Bonchev–Trinajstić information content (AvgIpc) is 3.05. The standard InChI is InChI=1S/C28H23ClN2O3S/c1-18-14-15-31(25-8-4-5-9-26(25)35-18)27(32)17-34-28(33)22-16-24(19-10-12-20(29)13-11-19)30-23-7-3-2-6-21(22)23/h2-13,16,18H,14-15,17H2,1H3/t18-/m0/s1. The number of anilines is 1. The van der Waals surface area contributed by atoms with Crippen LogP contribution in [-0.4, -0.2) is 35.3 Å². The molecule has 0 N–H and O–H groups in total. The molecule has 0 unspecified atom stereocenters. The first-order valence-electron chi connectivity index (χ1n) is 11.4. The first kappa shape index (κ1) is 23.4. The number of pyridine rings is 1. The molecule has 0 radical (unpaired) electrons. The van der Waals surface area contributed by atoms with Gasteiger partial charge in [-0.3, -0.25) is 4.79 Å². The zero-order chi connectivity index (χ0) is 24.4. The van der Waals surface area contributed by atoms with Gasteiger partial charge in [0, 0.05) is 32.7 Å². The number of halogens is 1. The summed E-state index contributed by atoms with van der Waals surface area (Å²) in [5, 5.41) is 1.69. The van der Waals surface area contributed by atoms with Gasteiger partial charge in [-0.25, -0.2) is 9.78 Å². The molecule has 176 valence electrons. The topological polar surface area (TPSA) is 59.5 Å². The summed E-state index contributed by atoms with van der Waals surface area (Å²) in [6, 6.07) is 24.2. The highest BCUT2D eigenvalue weighted by atomic mass is 35.5. The summed E-state index contributed by atoms with van der Waals surface area (Å²) in [4.78, 5) is 33.8. The maximum Gasteiger partial charge on any atom is 0.339 e. The summed E-state index contributed by atoms with van der Waals surface area (Å²) in [6.45, 7) is 2.40. The molecule has 7 heteroatoms. The number of para-hydroxylation sites is 2. The van der Waals surface area contributed by atoms with Crippen LogP contribution >= 0.6 is 23.4 Å². The van der Waals surface area contributed by atoms with E-state index in [2.05, 4.69) is 6.92 Å². The van der Waals surface area contributed by atoms with Gasteiger partial charge in [-0.05, 0) is 42.8 Å². The molecule has 1 aliphatic rings. The van der Waals surface area contributed by atoms with Crippen LogP contribution in [0.5, 0.6) is 0 Å². The number of fused-ring (bicyclic) bond motifs is 2. The molecular formula is C28H23ClN2O3S. The molecule has 1 aliphatic heterocycles. The number of hydrogen-bond donors (Lipinski definition) is 0. The van der Waals surface area contributed by atoms with Crippen LogP contribution < -0.4 is 4.90 Å². The number of esters is 1. The summed E-state index contributed by atoms with van der Waals surface area (Å²) >= 11 is 7.79. The molecular weight excluding hydrogens is 480 g/mol. The van der Waals surface area contributed by atoms with Gasteiger partial charge >= 0.3 is 5.97 Å². The van der Waals surface area contributed by atoms with Gasteiger partial charge in [0.1, 0.15) is 0 Å². The van der Waals surface area contributed by atoms with Gasteiger partial charge in [0.05, 0.1) is 22.5 Å². The summed E-state index contributed by atoms with van der Waals surface area (Å²) in [5.41, 5.74) is 3.37. The highest BCUT2D eigenvalue weighted by Crippen LogP contribution is 2.37. The van der Waals surface area contributed by atoms with Crippen LogP contribution in [0.1, 0.15) is 23.7 Å². The number of hydrogen-bond acceptors (Lipinski definition) is 5. The third kappa shape index (κ3) is 5.04. The Bertz CT molecular complexity index is 1410. The molecule has 1 amide bonds. The lowest BCUT2D eigenvalue weighted by molar-refractivity contribution is -0.121. The number of ether oxygens (including phenoxy) is 1. The molecule has 0 bridgehead atoms. The molecule has 0 spiro atoms. The van der Waals surface area contributed by atoms with E-state index in [0.29, 0.717) is 39.0 Å². The van der Waals surface area contributed by atoms with E-state index in [1.165, 1.54) is 0 Å². The normalized spacial score (nSPS) is 15.4. The number of aromatic nitrogens is 1. The van der Waals surface area contributed by atoms with Crippen LogP contribution in [0.4, 0.5) is 5.69 Å². The van der Waals surface area contributed by atoms with Gasteiger partial charge < -0.3 is 9.64 Å². The fourth-order valence-electron chi connectivity index (χ4n) is 4.14. The summed E-state index contributed by atoms with van der Waals surface area (Å²) < 4.78 is 5.56. The van der Waals surface area contributed by atoms with Crippen LogP contribution in [0.2, 0.25) is 5.02 Å². The molecule has 1 atom stereocenters. The number of rotatable bonds is 4. The minimum Gasteiger partial charge on any atom is -0.452 e. The predicted molar refractivity (Wildman–Crippen MR) is 141 cm³/mol. The lowest BCUT2D eigenvalue weighted by Gasteiger charge is -2.22. The highest BCUT2D eigenvalue weighted by molar-refractivity contribution is 8.00. The summed E-state index contributed by atoms with van der Waals surface area (Å²) in [7, 11) is 0. The minimum absolute atomic E-state index is 0.239. The zero-order valence-electron chi connectivity index (χ0n) is 19.1. The van der Waals surface area contributed by atoms with Gasteiger partial charge in [-0.15, -0.1) is 11.8 Å². The lowest BCUT2D eigenvalue weighted by Crippen LogP contribution is -2.35. The molecule has 3 aromatic carbocycles. The van der Waals surface area contributed by atoms with Crippen LogP contribution in [0.3, 0.4) is 0 Å². The van der Waals surface area contributed by atoms with Crippen molar-refractivity contribution in [2.24, 2.45) is 0 Å². The van der Waals surface area contributed by atoms with Crippen molar-refractivity contribution in [3.05, 3.63) is 89.4 Å². The maximum atomic E-state index is 13.2. The van der Waals surface area contributed by atoms with E-state index in [1.54, 1.807) is 34.9 Å². The largest absolute Gasteiger partial charge is 0.452 e. The van der Waals surface area contributed by atoms with Crippen LogP contribution in [-0.2, 0) is 9.53 Å². The quantitative estimate of drug-likeness (QED) is 0.293. The van der Waals surface area contributed by atoms with Crippen molar-refractivity contribution in [1.29, 1.82) is 0 Å². The second kappa shape index (κ2) is 10.1. The number of thioether (sulfide) groups is 1. The van der Waals surface area contributed by atoms with Gasteiger partial charge in [0.25, 0.3) is 5.91 Å². The van der Waals surface area contributed by atoms with Crippen LogP contribution in [0.15, 0.2) is 83.8 Å². The third-order valence-electron chi connectivity index (χ3n) is 5.95. The zero-order valence-corrected chi connectivity index (χ0v) is 20.7. The fraction of sp³-hybridized carbons (Fsp3) is 0.179. The molecule has 5 nitrogen and oxygen atoms in total. The maximum absolute atomic E-state index is 13.2. The fourth-order valence-corrected chi connectivity index (χ4v) is 5.38. The van der Waals surface area contributed by atoms with E-state index in [0.717, 1.165) is 22.6 Å². The average molecular weight is 503 g/mol. The number of carbonyl (C=O) groups excluding carboxylic acids is 2.